The van der Waals surface area contributed by atoms with Gasteiger partial charge in [0.05, 0.1) is 4.90 Å². The smallest absolute Gasteiger partial charge is 0.255 e. The highest BCUT2D eigenvalue weighted by molar-refractivity contribution is 7.89. The Labute approximate surface area is 199 Å². The Hall–Kier alpha value is -3.49. The summed E-state index contributed by atoms with van der Waals surface area (Å²) < 4.78 is 27.3. The lowest BCUT2D eigenvalue weighted by Crippen LogP contribution is -2.39. The Bertz CT molecular complexity index is 1260. The van der Waals surface area contributed by atoms with E-state index in [-0.39, 0.29) is 16.7 Å². The van der Waals surface area contributed by atoms with Crippen molar-refractivity contribution in [2.24, 2.45) is 5.92 Å². The molecule has 0 bridgehead atoms. The number of piperidine rings is 1. The standard InChI is InChI=1S/C26H27N3O4S/c1-19-6-5-17-29(18-19)34(32,33)24-15-13-23(14-16-24)28-26(31)21-9-11-22(12-10-21)27-25(30)20-7-3-2-4-8-20/h2-4,7-16,19H,5-6,17-18H2,1H3,(H,27,30)(H,28,31). The number of nitrogens with zero attached hydrogens (tertiary/aromatic N) is 1. The van der Waals surface area contributed by atoms with E-state index >= 15 is 0 Å². The maximum Gasteiger partial charge on any atom is 0.255 e. The number of hydrogen-bond acceptors (Lipinski definition) is 4. The lowest BCUT2D eigenvalue weighted by atomic mass is 10.0. The largest absolute Gasteiger partial charge is 0.322 e. The maximum absolute atomic E-state index is 12.9. The summed E-state index contributed by atoms with van der Waals surface area (Å²) >= 11 is 0. The minimum atomic E-state index is -3.54. The van der Waals surface area contributed by atoms with Crippen molar-refractivity contribution >= 4 is 33.2 Å². The van der Waals surface area contributed by atoms with Gasteiger partial charge in [-0.15, -0.1) is 0 Å². The fourth-order valence-electron chi connectivity index (χ4n) is 3.92. The Kier molecular flexibility index (Phi) is 7.09. The molecule has 0 radical (unpaired) electrons. The molecule has 1 heterocycles. The quantitative estimate of drug-likeness (QED) is 0.542. The van der Waals surface area contributed by atoms with E-state index in [1.807, 2.05) is 6.07 Å². The van der Waals surface area contributed by atoms with E-state index in [0.717, 1.165) is 12.8 Å². The molecule has 4 rings (SSSR count). The van der Waals surface area contributed by atoms with Gasteiger partial charge < -0.3 is 10.6 Å². The monoisotopic (exact) mass is 477 g/mol. The topological polar surface area (TPSA) is 95.6 Å². The summed E-state index contributed by atoms with van der Waals surface area (Å²) in [6, 6.07) is 21.6. The van der Waals surface area contributed by atoms with Crippen LogP contribution in [0, 0.1) is 5.92 Å². The number of hydrogen-bond donors (Lipinski definition) is 2. The van der Waals surface area contributed by atoms with Crippen LogP contribution in [0.2, 0.25) is 0 Å². The SMILES string of the molecule is CC1CCCN(S(=O)(=O)c2ccc(NC(=O)c3ccc(NC(=O)c4ccccc4)cc3)cc2)C1. The zero-order valence-corrected chi connectivity index (χ0v) is 19.7. The molecule has 7 nitrogen and oxygen atoms in total. The second kappa shape index (κ2) is 10.2. The molecule has 1 fully saturated rings. The van der Waals surface area contributed by atoms with Crippen LogP contribution in [-0.2, 0) is 10.0 Å². The Morgan fingerprint density at radius 2 is 1.32 bits per heavy atom. The number of benzene rings is 3. The van der Waals surface area contributed by atoms with Crippen LogP contribution in [0.15, 0.2) is 83.8 Å². The first kappa shape index (κ1) is 23.7. The predicted octanol–water partition coefficient (Wildman–Crippen LogP) is 4.61. The van der Waals surface area contributed by atoms with E-state index in [2.05, 4.69) is 17.6 Å². The molecular weight excluding hydrogens is 450 g/mol. The molecule has 0 aliphatic carbocycles. The van der Waals surface area contributed by atoms with Crippen molar-refractivity contribution in [2.75, 3.05) is 23.7 Å². The molecule has 34 heavy (non-hydrogen) atoms. The molecular formula is C26H27N3O4S. The van der Waals surface area contributed by atoms with E-state index in [1.165, 1.54) is 16.4 Å². The summed E-state index contributed by atoms with van der Waals surface area (Å²) in [5.41, 5.74) is 2.03. The number of carbonyl (C=O) groups excluding carboxylic acids is 2. The maximum atomic E-state index is 12.9. The summed E-state index contributed by atoms with van der Waals surface area (Å²) in [7, 11) is -3.54. The van der Waals surface area contributed by atoms with Crippen LogP contribution in [0.3, 0.4) is 0 Å². The first-order valence-corrected chi connectivity index (χ1v) is 12.6. The molecule has 2 amide bonds. The zero-order valence-electron chi connectivity index (χ0n) is 18.9. The Balaban J connectivity index is 1.37. The molecule has 3 aromatic rings. The van der Waals surface area contributed by atoms with Gasteiger partial charge in [0.1, 0.15) is 0 Å². The molecule has 1 aliphatic rings. The molecule has 0 saturated carbocycles. The third-order valence-electron chi connectivity index (χ3n) is 5.81. The van der Waals surface area contributed by atoms with Crippen LogP contribution in [0.1, 0.15) is 40.5 Å². The van der Waals surface area contributed by atoms with Gasteiger partial charge in [0.25, 0.3) is 11.8 Å². The van der Waals surface area contributed by atoms with Crippen LogP contribution in [0.5, 0.6) is 0 Å². The number of amides is 2. The van der Waals surface area contributed by atoms with Crippen molar-refractivity contribution in [3.63, 3.8) is 0 Å². The van der Waals surface area contributed by atoms with E-state index in [4.69, 9.17) is 0 Å². The van der Waals surface area contributed by atoms with Crippen LogP contribution in [0.25, 0.3) is 0 Å². The van der Waals surface area contributed by atoms with Gasteiger partial charge in [0, 0.05) is 35.6 Å². The van der Waals surface area contributed by atoms with Crippen molar-refractivity contribution in [2.45, 2.75) is 24.7 Å². The average Bonchev–Trinajstić information content (AvgIpc) is 2.85. The number of carbonyl (C=O) groups is 2. The molecule has 0 aromatic heterocycles. The normalized spacial score (nSPS) is 16.6. The van der Waals surface area contributed by atoms with Gasteiger partial charge >= 0.3 is 0 Å². The number of nitrogens with one attached hydrogen (secondary N) is 2. The third-order valence-corrected chi connectivity index (χ3v) is 7.69. The molecule has 1 atom stereocenters. The van der Waals surface area contributed by atoms with Crippen molar-refractivity contribution in [3.05, 3.63) is 90.0 Å². The van der Waals surface area contributed by atoms with E-state index in [9.17, 15) is 18.0 Å². The molecule has 8 heteroatoms. The first-order chi connectivity index (χ1) is 16.3. The van der Waals surface area contributed by atoms with Crippen molar-refractivity contribution in [1.82, 2.24) is 4.31 Å². The Morgan fingerprint density at radius 1 is 0.794 bits per heavy atom. The molecule has 1 aliphatic heterocycles. The highest BCUT2D eigenvalue weighted by Crippen LogP contribution is 2.24. The van der Waals surface area contributed by atoms with Gasteiger partial charge in [-0.25, -0.2) is 8.42 Å². The molecule has 0 spiro atoms. The highest BCUT2D eigenvalue weighted by Gasteiger charge is 2.28. The summed E-state index contributed by atoms with van der Waals surface area (Å²) in [4.78, 5) is 25.1. The lowest BCUT2D eigenvalue weighted by molar-refractivity contribution is 0.102. The van der Waals surface area contributed by atoms with Crippen LogP contribution < -0.4 is 10.6 Å². The average molecular weight is 478 g/mol. The Morgan fingerprint density at radius 3 is 1.88 bits per heavy atom. The molecule has 1 unspecified atom stereocenters. The molecule has 3 aromatic carbocycles. The van der Waals surface area contributed by atoms with Crippen LogP contribution in [0.4, 0.5) is 11.4 Å². The van der Waals surface area contributed by atoms with Gasteiger partial charge in [0.2, 0.25) is 10.0 Å². The van der Waals surface area contributed by atoms with E-state index in [0.29, 0.717) is 41.5 Å². The first-order valence-electron chi connectivity index (χ1n) is 11.2. The number of anilines is 2. The second-order valence-electron chi connectivity index (χ2n) is 8.49. The van der Waals surface area contributed by atoms with Gasteiger partial charge in [-0.2, -0.15) is 4.31 Å². The fraction of sp³-hybridized carbons (Fsp3) is 0.231. The summed E-state index contributed by atoms with van der Waals surface area (Å²) in [5.74, 6) is -0.214. The van der Waals surface area contributed by atoms with Crippen LogP contribution >= 0.6 is 0 Å². The third kappa shape index (κ3) is 5.52. The zero-order chi connectivity index (χ0) is 24.1. The van der Waals surface area contributed by atoms with Crippen molar-refractivity contribution in [3.8, 4) is 0 Å². The van der Waals surface area contributed by atoms with Gasteiger partial charge in [-0.1, -0.05) is 25.1 Å². The molecule has 176 valence electrons. The van der Waals surface area contributed by atoms with Gasteiger partial charge in [-0.3, -0.25) is 9.59 Å². The number of rotatable bonds is 6. The number of sulfonamides is 1. The highest BCUT2D eigenvalue weighted by atomic mass is 32.2. The van der Waals surface area contributed by atoms with Crippen LogP contribution in [-0.4, -0.2) is 37.6 Å². The summed E-state index contributed by atoms with van der Waals surface area (Å²) in [5, 5.41) is 5.57. The fourth-order valence-corrected chi connectivity index (χ4v) is 5.52. The van der Waals surface area contributed by atoms with Crippen molar-refractivity contribution < 1.29 is 18.0 Å². The summed E-state index contributed by atoms with van der Waals surface area (Å²) in [6.07, 6.45) is 1.90. The molecule has 2 N–H and O–H groups in total. The second-order valence-corrected chi connectivity index (χ2v) is 10.4. The van der Waals surface area contributed by atoms with E-state index < -0.39 is 10.0 Å². The molecule has 1 saturated heterocycles. The lowest BCUT2D eigenvalue weighted by Gasteiger charge is -2.30. The van der Waals surface area contributed by atoms with Gasteiger partial charge in [0.15, 0.2) is 0 Å². The summed E-state index contributed by atoms with van der Waals surface area (Å²) in [6.45, 7) is 3.12. The minimum absolute atomic E-state index is 0.220. The van der Waals surface area contributed by atoms with E-state index in [1.54, 1.807) is 60.7 Å². The van der Waals surface area contributed by atoms with Gasteiger partial charge in [-0.05, 0) is 79.4 Å². The minimum Gasteiger partial charge on any atom is -0.322 e. The predicted molar refractivity (Wildman–Crippen MR) is 132 cm³/mol. The van der Waals surface area contributed by atoms with Crippen molar-refractivity contribution in [1.29, 1.82) is 0 Å².